The minimum absolute atomic E-state index is 0.228. The number of hydrogen-bond donors (Lipinski definition) is 0. The van der Waals surface area contributed by atoms with Crippen LogP contribution in [0.4, 0.5) is 4.39 Å². The van der Waals surface area contributed by atoms with E-state index in [1.807, 2.05) is 13.0 Å². The van der Waals surface area contributed by atoms with E-state index in [1.165, 1.54) is 17.0 Å². The van der Waals surface area contributed by atoms with Gasteiger partial charge in [-0.05, 0) is 46.6 Å². The third-order valence-corrected chi connectivity index (χ3v) is 4.86. The molecule has 4 heteroatoms. The molecule has 2 rings (SSSR count). The van der Waals surface area contributed by atoms with Crippen LogP contribution in [0.15, 0.2) is 34.8 Å². The molecule has 0 radical (unpaired) electrons. The molecule has 0 amide bonds. The standard InChI is InChI=1S/C12H9BrClFS/c1-7-6-10(13)12(16-7)11(14)8-2-4-9(15)5-3-8/h2-6,11H,1H3. The van der Waals surface area contributed by atoms with Gasteiger partial charge < -0.3 is 0 Å². The SMILES string of the molecule is Cc1cc(Br)c(C(Cl)c2ccc(F)cc2)s1. The van der Waals surface area contributed by atoms with E-state index in [0.29, 0.717) is 0 Å². The molecular weight excluding hydrogens is 311 g/mol. The minimum Gasteiger partial charge on any atom is -0.207 e. The molecule has 0 nitrogen and oxygen atoms in total. The van der Waals surface area contributed by atoms with E-state index in [4.69, 9.17) is 11.6 Å². The zero-order valence-corrected chi connectivity index (χ0v) is 11.7. The lowest BCUT2D eigenvalue weighted by Crippen LogP contribution is -1.90. The number of aryl methyl sites for hydroxylation is 1. The normalized spacial score (nSPS) is 12.8. The van der Waals surface area contributed by atoms with Crippen molar-refractivity contribution in [2.75, 3.05) is 0 Å². The predicted molar refractivity (Wildman–Crippen MR) is 70.9 cm³/mol. The number of benzene rings is 1. The summed E-state index contributed by atoms with van der Waals surface area (Å²) in [7, 11) is 0. The fourth-order valence-corrected chi connectivity index (χ4v) is 3.87. The van der Waals surface area contributed by atoms with Crippen LogP contribution in [-0.4, -0.2) is 0 Å². The Kier molecular flexibility index (Phi) is 3.67. The highest BCUT2D eigenvalue weighted by molar-refractivity contribution is 9.10. The van der Waals surface area contributed by atoms with E-state index in [2.05, 4.69) is 15.9 Å². The van der Waals surface area contributed by atoms with Gasteiger partial charge in [-0.2, -0.15) is 0 Å². The van der Waals surface area contributed by atoms with Crippen molar-refractivity contribution in [1.29, 1.82) is 0 Å². The van der Waals surface area contributed by atoms with E-state index < -0.39 is 0 Å². The van der Waals surface area contributed by atoms with Crippen molar-refractivity contribution in [3.8, 4) is 0 Å². The van der Waals surface area contributed by atoms with Crippen molar-refractivity contribution in [2.24, 2.45) is 0 Å². The second-order valence-corrected chi connectivity index (χ2v) is 6.06. The lowest BCUT2D eigenvalue weighted by atomic mass is 10.1. The van der Waals surface area contributed by atoms with Crippen molar-refractivity contribution in [2.45, 2.75) is 12.3 Å². The van der Waals surface area contributed by atoms with Crippen LogP contribution >= 0.6 is 38.9 Å². The Hall–Kier alpha value is -0.380. The molecule has 0 aliphatic carbocycles. The van der Waals surface area contributed by atoms with Gasteiger partial charge >= 0.3 is 0 Å². The molecule has 2 aromatic rings. The van der Waals surface area contributed by atoms with Gasteiger partial charge in [-0.25, -0.2) is 4.39 Å². The maximum absolute atomic E-state index is 12.8. The van der Waals surface area contributed by atoms with Gasteiger partial charge in [-0.1, -0.05) is 12.1 Å². The van der Waals surface area contributed by atoms with Crippen LogP contribution in [0.5, 0.6) is 0 Å². The van der Waals surface area contributed by atoms with E-state index in [0.717, 1.165) is 14.9 Å². The average Bonchev–Trinajstić information content (AvgIpc) is 2.58. The third-order valence-electron chi connectivity index (χ3n) is 2.23. The maximum Gasteiger partial charge on any atom is 0.123 e. The zero-order chi connectivity index (χ0) is 11.7. The predicted octanol–water partition coefficient (Wildman–Crippen LogP) is 5.29. The number of halogens is 3. The van der Waals surface area contributed by atoms with Crippen molar-refractivity contribution in [3.05, 3.63) is 55.9 Å². The molecule has 0 aliphatic rings. The summed E-state index contributed by atoms with van der Waals surface area (Å²) in [5.74, 6) is -0.242. The van der Waals surface area contributed by atoms with Crippen LogP contribution in [0.25, 0.3) is 0 Å². The number of hydrogen-bond acceptors (Lipinski definition) is 1. The summed E-state index contributed by atoms with van der Waals surface area (Å²) in [4.78, 5) is 2.26. The van der Waals surface area contributed by atoms with Crippen molar-refractivity contribution in [1.82, 2.24) is 0 Å². The topological polar surface area (TPSA) is 0 Å². The molecule has 84 valence electrons. The summed E-state index contributed by atoms with van der Waals surface area (Å²) < 4.78 is 13.8. The Morgan fingerprint density at radius 2 is 1.94 bits per heavy atom. The summed E-state index contributed by atoms with van der Waals surface area (Å²) in [6, 6.07) is 8.33. The van der Waals surface area contributed by atoms with Gasteiger partial charge in [0.05, 0.1) is 5.38 Å². The molecule has 0 saturated carbocycles. The second-order valence-electron chi connectivity index (χ2n) is 3.48. The summed E-state index contributed by atoms with van der Waals surface area (Å²) in [6.07, 6.45) is 0. The largest absolute Gasteiger partial charge is 0.207 e. The molecule has 0 bridgehead atoms. The lowest BCUT2D eigenvalue weighted by Gasteiger charge is -2.08. The number of alkyl halides is 1. The minimum atomic E-state index is -0.242. The molecule has 0 aliphatic heterocycles. The van der Waals surface area contributed by atoms with Gasteiger partial charge in [0.1, 0.15) is 5.82 Å². The maximum atomic E-state index is 12.8. The van der Waals surface area contributed by atoms with E-state index in [1.54, 1.807) is 23.5 Å². The average molecular weight is 320 g/mol. The first-order chi connectivity index (χ1) is 7.58. The second kappa shape index (κ2) is 4.86. The summed E-state index contributed by atoms with van der Waals surface area (Å²) >= 11 is 11.5. The van der Waals surface area contributed by atoms with E-state index in [-0.39, 0.29) is 11.2 Å². The fourth-order valence-electron chi connectivity index (χ4n) is 1.46. The molecule has 0 N–H and O–H groups in total. The Morgan fingerprint density at radius 3 is 2.44 bits per heavy atom. The fraction of sp³-hybridized carbons (Fsp3) is 0.167. The summed E-state index contributed by atoms with van der Waals surface area (Å²) in [6.45, 7) is 2.03. The summed E-state index contributed by atoms with van der Waals surface area (Å²) in [5.41, 5.74) is 0.908. The highest BCUT2D eigenvalue weighted by Gasteiger charge is 2.16. The van der Waals surface area contributed by atoms with Crippen LogP contribution < -0.4 is 0 Å². The lowest BCUT2D eigenvalue weighted by molar-refractivity contribution is 0.627. The van der Waals surface area contributed by atoms with Crippen LogP contribution in [0.1, 0.15) is 20.7 Å². The molecule has 1 aromatic heterocycles. The third kappa shape index (κ3) is 2.47. The molecule has 1 unspecified atom stereocenters. The number of thiophene rings is 1. The first-order valence-electron chi connectivity index (χ1n) is 4.73. The van der Waals surface area contributed by atoms with Crippen molar-refractivity contribution in [3.63, 3.8) is 0 Å². The smallest absolute Gasteiger partial charge is 0.123 e. The molecule has 0 saturated heterocycles. The Balaban J connectivity index is 2.35. The Labute approximate surface area is 111 Å². The Morgan fingerprint density at radius 1 is 1.31 bits per heavy atom. The summed E-state index contributed by atoms with van der Waals surface area (Å²) in [5, 5.41) is -0.228. The van der Waals surface area contributed by atoms with Gasteiger partial charge in [0.2, 0.25) is 0 Å². The van der Waals surface area contributed by atoms with Gasteiger partial charge in [-0.3, -0.25) is 0 Å². The first kappa shape index (κ1) is 12.1. The van der Waals surface area contributed by atoms with Crippen LogP contribution in [0.3, 0.4) is 0 Å². The molecule has 1 heterocycles. The Bertz CT molecular complexity index is 492. The van der Waals surface area contributed by atoms with Gasteiger partial charge in [0.15, 0.2) is 0 Å². The van der Waals surface area contributed by atoms with Crippen molar-refractivity contribution < 1.29 is 4.39 Å². The van der Waals surface area contributed by atoms with Gasteiger partial charge in [0.25, 0.3) is 0 Å². The quantitative estimate of drug-likeness (QED) is 0.660. The molecular formula is C12H9BrClFS. The first-order valence-corrected chi connectivity index (χ1v) is 6.78. The monoisotopic (exact) mass is 318 g/mol. The van der Waals surface area contributed by atoms with E-state index >= 15 is 0 Å². The molecule has 16 heavy (non-hydrogen) atoms. The molecule has 1 atom stereocenters. The van der Waals surface area contributed by atoms with E-state index in [9.17, 15) is 4.39 Å². The van der Waals surface area contributed by atoms with Gasteiger partial charge in [0, 0.05) is 14.2 Å². The van der Waals surface area contributed by atoms with Crippen molar-refractivity contribution >= 4 is 38.9 Å². The van der Waals surface area contributed by atoms with Crippen LogP contribution in [0.2, 0.25) is 0 Å². The molecule has 0 fully saturated rings. The molecule has 0 spiro atoms. The van der Waals surface area contributed by atoms with Crippen LogP contribution in [0, 0.1) is 12.7 Å². The highest BCUT2D eigenvalue weighted by atomic mass is 79.9. The van der Waals surface area contributed by atoms with Gasteiger partial charge in [-0.15, -0.1) is 22.9 Å². The highest BCUT2D eigenvalue weighted by Crippen LogP contribution is 2.39. The molecule has 1 aromatic carbocycles. The zero-order valence-electron chi connectivity index (χ0n) is 8.51. The number of rotatable bonds is 2. The van der Waals surface area contributed by atoms with Crippen LogP contribution in [-0.2, 0) is 0 Å².